The maximum atomic E-state index is 12.8. The van der Waals surface area contributed by atoms with Gasteiger partial charge >= 0.3 is 6.18 Å². The van der Waals surface area contributed by atoms with Gasteiger partial charge in [0.1, 0.15) is 11.5 Å². The first kappa shape index (κ1) is 18.3. The van der Waals surface area contributed by atoms with Crippen LogP contribution in [0.3, 0.4) is 0 Å². The van der Waals surface area contributed by atoms with Crippen LogP contribution in [0.2, 0.25) is 5.02 Å². The molecule has 4 bridgehead atoms. The molecule has 0 amide bonds. The van der Waals surface area contributed by atoms with Gasteiger partial charge in [0.25, 0.3) is 0 Å². The van der Waals surface area contributed by atoms with E-state index in [2.05, 4.69) is 0 Å². The molecule has 1 aromatic carbocycles. The molecule has 0 aromatic heterocycles. The minimum absolute atomic E-state index is 0.139. The summed E-state index contributed by atoms with van der Waals surface area (Å²) >= 11 is 12.6. The van der Waals surface area contributed by atoms with Crippen molar-refractivity contribution in [3.8, 4) is 5.75 Å². The molecule has 0 saturated heterocycles. The molecule has 4 fully saturated rings. The van der Waals surface area contributed by atoms with E-state index in [9.17, 15) is 18.3 Å². The molecule has 1 aromatic rings. The zero-order valence-electron chi connectivity index (χ0n) is 14.0. The van der Waals surface area contributed by atoms with Crippen molar-refractivity contribution in [2.45, 2.75) is 43.2 Å². The summed E-state index contributed by atoms with van der Waals surface area (Å²) in [6, 6.07) is 4.45. The Labute approximate surface area is 159 Å². The van der Waals surface area contributed by atoms with E-state index in [1.165, 1.54) is 12.1 Å². The molecule has 142 valence electrons. The van der Waals surface area contributed by atoms with Crippen molar-refractivity contribution >= 4 is 29.0 Å². The van der Waals surface area contributed by atoms with Crippen molar-refractivity contribution in [3.63, 3.8) is 0 Å². The molecule has 7 heteroatoms. The standard InChI is InChI=1S/C19H19Cl2F3O2/c20-14-2-1-11(5-15(14)25)17(26-9-19(22,23)24)16-12-3-10-4-13(16)8-18(21,6-10)7-12/h1-2,5,10,12-13,25H,3-4,6-9H2. The lowest BCUT2D eigenvalue weighted by molar-refractivity contribution is -0.159. The molecule has 2 unspecified atom stereocenters. The molecule has 0 spiro atoms. The topological polar surface area (TPSA) is 29.5 Å². The van der Waals surface area contributed by atoms with Crippen molar-refractivity contribution in [2.24, 2.45) is 17.8 Å². The first-order valence-electron chi connectivity index (χ1n) is 8.75. The van der Waals surface area contributed by atoms with Gasteiger partial charge in [-0.2, -0.15) is 13.2 Å². The van der Waals surface area contributed by atoms with Gasteiger partial charge in [-0.15, -0.1) is 11.6 Å². The van der Waals surface area contributed by atoms with Crippen LogP contribution in [0.25, 0.3) is 5.76 Å². The number of halogens is 5. The Morgan fingerprint density at radius 2 is 1.85 bits per heavy atom. The number of benzene rings is 1. The van der Waals surface area contributed by atoms with Crippen molar-refractivity contribution in [3.05, 3.63) is 34.4 Å². The SMILES string of the molecule is Oc1cc(C(OCC(F)(F)F)=C2C3CC4CC2CC(Cl)(C4)C3)ccc1Cl. The molecule has 4 saturated carbocycles. The van der Waals surface area contributed by atoms with Gasteiger partial charge in [-0.05, 0) is 73.6 Å². The first-order chi connectivity index (χ1) is 12.1. The van der Waals surface area contributed by atoms with Gasteiger partial charge in [-0.3, -0.25) is 0 Å². The second kappa shape index (κ2) is 6.23. The fraction of sp³-hybridized carbons (Fsp3) is 0.579. The van der Waals surface area contributed by atoms with E-state index in [1.807, 2.05) is 0 Å². The van der Waals surface area contributed by atoms with E-state index in [4.69, 9.17) is 27.9 Å². The Balaban J connectivity index is 1.77. The number of hydrogen-bond acceptors (Lipinski definition) is 2. The van der Waals surface area contributed by atoms with Crippen LogP contribution in [0.15, 0.2) is 23.8 Å². The molecule has 0 radical (unpaired) electrons. The molecule has 2 nitrogen and oxygen atoms in total. The number of ether oxygens (including phenoxy) is 1. The number of rotatable bonds is 3. The Bertz CT molecular complexity index is 742. The number of aromatic hydroxyl groups is 1. The van der Waals surface area contributed by atoms with Gasteiger partial charge < -0.3 is 9.84 Å². The molecular formula is C19H19Cl2F3O2. The summed E-state index contributed by atoms with van der Waals surface area (Å²) in [5.41, 5.74) is 1.37. The molecule has 26 heavy (non-hydrogen) atoms. The Hall–Kier alpha value is -1.07. The third-order valence-electron chi connectivity index (χ3n) is 5.84. The number of allylic oxidation sites excluding steroid dienone is 1. The number of hydrogen-bond donors (Lipinski definition) is 1. The summed E-state index contributed by atoms with van der Waals surface area (Å²) in [5.74, 6) is 0.884. The van der Waals surface area contributed by atoms with E-state index in [0.717, 1.165) is 37.7 Å². The lowest BCUT2D eigenvalue weighted by Gasteiger charge is -2.55. The average molecular weight is 407 g/mol. The minimum Gasteiger partial charge on any atom is -0.506 e. The smallest absolute Gasteiger partial charge is 0.422 e. The van der Waals surface area contributed by atoms with Crippen LogP contribution in [0.4, 0.5) is 13.2 Å². The number of alkyl halides is 4. The second-order valence-electron chi connectivity index (χ2n) is 7.85. The van der Waals surface area contributed by atoms with Crippen LogP contribution in [0, 0.1) is 17.8 Å². The van der Waals surface area contributed by atoms with E-state index in [-0.39, 0.29) is 33.2 Å². The predicted molar refractivity (Wildman–Crippen MR) is 94.2 cm³/mol. The molecule has 5 rings (SSSR count). The Morgan fingerprint density at radius 3 is 2.38 bits per heavy atom. The highest BCUT2D eigenvalue weighted by molar-refractivity contribution is 6.32. The molecular weight excluding hydrogens is 388 g/mol. The van der Waals surface area contributed by atoms with Gasteiger partial charge in [0.2, 0.25) is 0 Å². The van der Waals surface area contributed by atoms with E-state index in [1.54, 1.807) is 6.07 Å². The minimum atomic E-state index is -4.43. The summed E-state index contributed by atoms with van der Waals surface area (Å²) < 4.78 is 43.8. The summed E-state index contributed by atoms with van der Waals surface area (Å²) in [5, 5.41) is 10.1. The van der Waals surface area contributed by atoms with Crippen LogP contribution < -0.4 is 0 Å². The van der Waals surface area contributed by atoms with Crippen molar-refractivity contribution < 1.29 is 23.0 Å². The van der Waals surface area contributed by atoms with Crippen LogP contribution in [-0.2, 0) is 4.74 Å². The molecule has 0 heterocycles. The lowest BCUT2D eigenvalue weighted by atomic mass is 9.53. The second-order valence-corrected chi connectivity index (χ2v) is 9.06. The molecule has 1 N–H and O–H groups in total. The van der Waals surface area contributed by atoms with Crippen molar-refractivity contribution in [1.29, 1.82) is 0 Å². The van der Waals surface area contributed by atoms with Crippen molar-refractivity contribution in [2.75, 3.05) is 6.61 Å². The molecule has 4 aliphatic carbocycles. The fourth-order valence-corrected chi connectivity index (χ4v) is 5.91. The monoisotopic (exact) mass is 406 g/mol. The zero-order chi connectivity index (χ0) is 18.7. The van der Waals surface area contributed by atoms with Crippen molar-refractivity contribution in [1.82, 2.24) is 0 Å². The van der Waals surface area contributed by atoms with Gasteiger partial charge in [0.15, 0.2) is 6.61 Å². The van der Waals surface area contributed by atoms with Crippen LogP contribution >= 0.6 is 23.2 Å². The summed E-state index contributed by atoms with van der Waals surface area (Å²) in [6.45, 7) is -1.36. The maximum absolute atomic E-state index is 12.8. The van der Waals surface area contributed by atoms with E-state index in [0.29, 0.717) is 11.5 Å². The summed E-state index contributed by atoms with van der Waals surface area (Å²) in [7, 11) is 0. The number of phenols is 1. The molecule has 4 aliphatic rings. The Morgan fingerprint density at radius 1 is 1.19 bits per heavy atom. The van der Waals surface area contributed by atoms with Crippen LogP contribution in [0.1, 0.15) is 37.7 Å². The zero-order valence-corrected chi connectivity index (χ0v) is 15.5. The highest BCUT2D eigenvalue weighted by Gasteiger charge is 2.53. The first-order valence-corrected chi connectivity index (χ1v) is 9.50. The van der Waals surface area contributed by atoms with Crippen LogP contribution in [-0.4, -0.2) is 22.8 Å². The van der Waals surface area contributed by atoms with E-state index < -0.39 is 12.8 Å². The van der Waals surface area contributed by atoms with Gasteiger partial charge in [0, 0.05) is 10.4 Å². The van der Waals surface area contributed by atoms with E-state index >= 15 is 0 Å². The number of phenolic OH excluding ortho intramolecular Hbond substituents is 1. The highest BCUT2D eigenvalue weighted by atomic mass is 35.5. The predicted octanol–water partition coefficient (Wildman–Crippen LogP) is 6.15. The largest absolute Gasteiger partial charge is 0.506 e. The quantitative estimate of drug-likeness (QED) is 0.481. The van der Waals surface area contributed by atoms with Gasteiger partial charge in [-0.1, -0.05) is 11.6 Å². The third-order valence-corrected chi connectivity index (χ3v) is 6.63. The normalized spacial score (nSPS) is 32.8. The molecule has 0 aliphatic heterocycles. The molecule has 2 atom stereocenters. The third kappa shape index (κ3) is 3.40. The summed E-state index contributed by atoms with van der Waals surface area (Å²) in [4.78, 5) is -0.225. The Kier molecular flexibility index (Phi) is 4.39. The average Bonchev–Trinajstić information content (AvgIpc) is 2.50. The lowest BCUT2D eigenvalue weighted by Crippen LogP contribution is -2.49. The van der Waals surface area contributed by atoms with Gasteiger partial charge in [-0.25, -0.2) is 0 Å². The fourth-order valence-electron chi connectivity index (χ4n) is 5.20. The maximum Gasteiger partial charge on any atom is 0.422 e. The van der Waals surface area contributed by atoms with Crippen LogP contribution in [0.5, 0.6) is 5.75 Å². The highest BCUT2D eigenvalue weighted by Crippen LogP contribution is 2.61. The summed E-state index contributed by atoms with van der Waals surface area (Å²) in [6.07, 6.45) is -0.00258. The van der Waals surface area contributed by atoms with Gasteiger partial charge in [0.05, 0.1) is 5.02 Å².